The molecule has 112 valence electrons. The van der Waals surface area contributed by atoms with Crippen LogP contribution in [0.3, 0.4) is 0 Å². The van der Waals surface area contributed by atoms with Crippen LogP contribution in [0.1, 0.15) is 75.3 Å². The quantitative estimate of drug-likeness (QED) is 0.858. The molecule has 0 atom stereocenters. The molecule has 1 heterocycles. The highest BCUT2D eigenvalue weighted by molar-refractivity contribution is 7.15. The number of hydrogen-bond donors (Lipinski definition) is 1. The van der Waals surface area contributed by atoms with E-state index in [-0.39, 0.29) is 5.91 Å². The molecule has 0 saturated carbocycles. The molecule has 0 fully saturated rings. The number of amides is 1. The lowest BCUT2D eigenvalue weighted by Crippen LogP contribution is -2.09. The minimum absolute atomic E-state index is 0.0646. The maximum absolute atomic E-state index is 11.5. The number of thiazole rings is 1. The molecule has 4 heteroatoms. The number of fused-ring (bicyclic) bond motifs is 1. The third kappa shape index (κ3) is 4.89. The zero-order valence-corrected chi connectivity index (χ0v) is 13.4. The summed E-state index contributed by atoms with van der Waals surface area (Å²) in [5.41, 5.74) is 1.24. The van der Waals surface area contributed by atoms with Crippen molar-refractivity contribution < 1.29 is 4.79 Å². The summed E-state index contributed by atoms with van der Waals surface area (Å²) >= 11 is 1.69. The van der Waals surface area contributed by atoms with Crippen molar-refractivity contribution in [3.8, 4) is 0 Å². The molecule has 20 heavy (non-hydrogen) atoms. The number of nitrogens with one attached hydrogen (secondary N) is 1. The first-order chi connectivity index (χ1) is 9.79. The summed E-state index contributed by atoms with van der Waals surface area (Å²) in [4.78, 5) is 17.5. The molecule has 1 aromatic heterocycles. The number of nitrogens with zero attached hydrogens (tertiary/aromatic N) is 1. The van der Waals surface area contributed by atoms with Crippen molar-refractivity contribution >= 4 is 22.4 Å². The van der Waals surface area contributed by atoms with E-state index in [1.54, 1.807) is 11.3 Å². The van der Waals surface area contributed by atoms with Gasteiger partial charge in [-0.05, 0) is 25.7 Å². The Morgan fingerprint density at radius 1 is 1.05 bits per heavy atom. The molecular weight excluding hydrogens is 268 g/mol. The highest BCUT2D eigenvalue weighted by atomic mass is 32.1. The smallest absolute Gasteiger partial charge is 0.225 e. The van der Waals surface area contributed by atoms with E-state index in [1.807, 2.05) is 6.92 Å². The van der Waals surface area contributed by atoms with Crippen LogP contribution in [0.4, 0.5) is 5.13 Å². The number of aryl methyl sites for hydroxylation is 2. The zero-order valence-electron chi connectivity index (χ0n) is 12.5. The molecular formula is C16H26N2OS. The zero-order chi connectivity index (χ0) is 14.2. The molecule has 0 aromatic carbocycles. The highest BCUT2D eigenvalue weighted by Gasteiger charge is 2.12. The van der Waals surface area contributed by atoms with Crippen LogP contribution in [0.15, 0.2) is 0 Å². The first-order valence-electron chi connectivity index (χ1n) is 8.08. The predicted molar refractivity (Wildman–Crippen MR) is 85.4 cm³/mol. The van der Waals surface area contributed by atoms with Crippen molar-refractivity contribution in [2.45, 2.75) is 77.6 Å². The van der Waals surface area contributed by atoms with Gasteiger partial charge in [-0.1, -0.05) is 45.4 Å². The van der Waals surface area contributed by atoms with Crippen LogP contribution in [0.2, 0.25) is 0 Å². The normalized spacial score (nSPS) is 17.6. The van der Waals surface area contributed by atoms with Crippen molar-refractivity contribution in [1.82, 2.24) is 4.98 Å². The van der Waals surface area contributed by atoms with Crippen LogP contribution >= 0.6 is 11.3 Å². The van der Waals surface area contributed by atoms with Crippen LogP contribution in [0, 0.1) is 0 Å². The second-order valence-corrected chi connectivity index (χ2v) is 6.70. The van der Waals surface area contributed by atoms with Gasteiger partial charge in [0, 0.05) is 11.3 Å². The van der Waals surface area contributed by atoms with Crippen molar-refractivity contribution in [1.29, 1.82) is 0 Å². The van der Waals surface area contributed by atoms with Gasteiger partial charge in [0.25, 0.3) is 0 Å². The van der Waals surface area contributed by atoms with Gasteiger partial charge in [-0.15, -0.1) is 11.3 Å². The van der Waals surface area contributed by atoms with Crippen LogP contribution < -0.4 is 5.32 Å². The number of hydrogen-bond acceptors (Lipinski definition) is 3. The Balaban J connectivity index is 2.02. The Labute approximate surface area is 126 Å². The largest absolute Gasteiger partial charge is 0.302 e. The molecule has 0 bridgehead atoms. The summed E-state index contributed by atoms with van der Waals surface area (Å²) < 4.78 is 0. The van der Waals surface area contributed by atoms with Crippen molar-refractivity contribution in [2.75, 3.05) is 5.32 Å². The second-order valence-electron chi connectivity index (χ2n) is 5.62. The van der Waals surface area contributed by atoms with E-state index in [0.717, 1.165) is 18.0 Å². The van der Waals surface area contributed by atoms with Crippen LogP contribution in [-0.4, -0.2) is 10.9 Å². The second kappa shape index (κ2) is 8.40. The summed E-state index contributed by atoms with van der Waals surface area (Å²) in [5.74, 6) is 0.0646. The molecule has 0 radical (unpaired) electrons. The first kappa shape index (κ1) is 15.5. The number of rotatable bonds is 2. The van der Waals surface area contributed by atoms with E-state index in [2.05, 4.69) is 10.3 Å². The average Bonchev–Trinajstić information content (AvgIpc) is 2.80. The molecule has 1 amide bonds. The fourth-order valence-corrected chi connectivity index (χ4v) is 3.74. The molecule has 0 saturated heterocycles. The van der Waals surface area contributed by atoms with Gasteiger partial charge in [0.15, 0.2) is 5.13 Å². The predicted octanol–water partition coefficient (Wildman–Crippen LogP) is 4.71. The lowest BCUT2D eigenvalue weighted by atomic mass is 10.0. The Bertz CT molecular complexity index is 399. The van der Waals surface area contributed by atoms with E-state index < -0.39 is 0 Å². The summed E-state index contributed by atoms with van der Waals surface area (Å²) in [6, 6.07) is 0. The molecule has 0 spiro atoms. The molecule has 0 unspecified atom stereocenters. The SMILES string of the molecule is CCC(=O)Nc1nc2c(s1)CCCCCCCCCC2. The number of carbonyl (C=O) groups excluding carboxylic acids is 1. The van der Waals surface area contributed by atoms with Crippen molar-refractivity contribution in [2.24, 2.45) is 0 Å². The van der Waals surface area contributed by atoms with E-state index in [0.29, 0.717) is 6.42 Å². The van der Waals surface area contributed by atoms with Crippen molar-refractivity contribution in [3.63, 3.8) is 0 Å². The van der Waals surface area contributed by atoms with Gasteiger partial charge in [0.1, 0.15) is 0 Å². The van der Waals surface area contributed by atoms with Gasteiger partial charge >= 0.3 is 0 Å². The third-order valence-corrected chi connectivity index (χ3v) is 4.99. The minimum Gasteiger partial charge on any atom is -0.302 e. The van der Waals surface area contributed by atoms with E-state index >= 15 is 0 Å². The molecule has 1 N–H and O–H groups in total. The Kier molecular flexibility index (Phi) is 6.51. The molecule has 1 aliphatic rings. The van der Waals surface area contributed by atoms with Crippen molar-refractivity contribution in [3.05, 3.63) is 10.6 Å². The summed E-state index contributed by atoms with van der Waals surface area (Å²) in [7, 11) is 0. The number of carbonyl (C=O) groups is 1. The van der Waals surface area contributed by atoms with Gasteiger partial charge in [-0.2, -0.15) is 0 Å². The maximum atomic E-state index is 11.5. The average molecular weight is 294 g/mol. The van der Waals surface area contributed by atoms with E-state index in [1.165, 1.54) is 61.9 Å². The summed E-state index contributed by atoms with van der Waals surface area (Å²) in [6.45, 7) is 1.88. The first-order valence-corrected chi connectivity index (χ1v) is 8.89. The lowest BCUT2D eigenvalue weighted by Gasteiger charge is -2.06. The van der Waals surface area contributed by atoms with Gasteiger partial charge in [-0.3, -0.25) is 4.79 Å². The topological polar surface area (TPSA) is 42.0 Å². The minimum atomic E-state index is 0.0646. The number of anilines is 1. The number of aromatic nitrogens is 1. The fourth-order valence-electron chi connectivity index (χ4n) is 2.67. The van der Waals surface area contributed by atoms with Gasteiger partial charge in [-0.25, -0.2) is 4.98 Å². The Morgan fingerprint density at radius 3 is 2.30 bits per heavy atom. The molecule has 2 rings (SSSR count). The van der Waals surface area contributed by atoms with Gasteiger partial charge in [0.2, 0.25) is 5.91 Å². The fraction of sp³-hybridized carbons (Fsp3) is 0.750. The van der Waals surface area contributed by atoms with Crippen LogP contribution in [0.5, 0.6) is 0 Å². The third-order valence-electron chi connectivity index (χ3n) is 3.91. The molecule has 3 nitrogen and oxygen atoms in total. The monoisotopic (exact) mass is 294 g/mol. The lowest BCUT2D eigenvalue weighted by molar-refractivity contribution is -0.115. The van der Waals surface area contributed by atoms with E-state index in [9.17, 15) is 4.79 Å². The van der Waals surface area contributed by atoms with Crippen LogP contribution in [0.25, 0.3) is 0 Å². The van der Waals surface area contributed by atoms with Gasteiger partial charge < -0.3 is 5.32 Å². The Morgan fingerprint density at radius 2 is 1.65 bits per heavy atom. The van der Waals surface area contributed by atoms with E-state index in [4.69, 9.17) is 0 Å². The maximum Gasteiger partial charge on any atom is 0.225 e. The summed E-state index contributed by atoms with van der Waals surface area (Å²) in [5, 5.41) is 3.72. The molecule has 1 aromatic rings. The summed E-state index contributed by atoms with van der Waals surface area (Å²) in [6.07, 6.45) is 13.4. The highest BCUT2D eigenvalue weighted by Crippen LogP contribution is 2.27. The molecule has 1 aliphatic carbocycles. The van der Waals surface area contributed by atoms with Gasteiger partial charge in [0.05, 0.1) is 5.69 Å². The van der Waals surface area contributed by atoms with Crippen LogP contribution in [-0.2, 0) is 17.6 Å². The molecule has 0 aliphatic heterocycles. The Hall–Kier alpha value is -0.900. The standard InChI is InChI=1S/C16H26N2OS/c1-2-15(19)18-16-17-13-11-9-7-5-3-4-6-8-10-12-14(13)20-16/h2-12H2,1H3,(H,17,18,19).